The summed E-state index contributed by atoms with van der Waals surface area (Å²) in [6.07, 6.45) is 6.54. The zero-order valence-electron chi connectivity index (χ0n) is 9.24. The van der Waals surface area contributed by atoms with Crippen LogP contribution in [0.15, 0.2) is 34.9 Å². The Bertz CT molecular complexity index is 478. The van der Waals surface area contributed by atoms with E-state index in [-0.39, 0.29) is 0 Å². The number of hydrogen-bond acceptors (Lipinski definition) is 3. The standard InChI is InChI=1S/C13H13BrN2O/c14-11-3-4-13(10(7-11)8-17)16-6-5-12(15)9-1-2-9/h3-9,15-16H,1-2H2/b6-5-,15-12?. The molecule has 2 N–H and O–H groups in total. The Kier molecular flexibility index (Phi) is 3.74. The number of carbonyl (C=O) groups excluding carboxylic acids is 1. The molecule has 1 aliphatic rings. The second kappa shape index (κ2) is 5.27. The van der Waals surface area contributed by atoms with E-state index in [1.165, 1.54) is 0 Å². The topological polar surface area (TPSA) is 53.0 Å². The van der Waals surface area contributed by atoms with Gasteiger partial charge in [-0.05, 0) is 37.1 Å². The molecule has 1 aromatic carbocycles. The third kappa shape index (κ3) is 3.27. The number of nitrogens with one attached hydrogen (secondary N) is 2. The summed E-state index contributed by atoms with van der Waals surface area (Å²) < 4.78 is 0.875. The van der Waals surface area contributed by atoms with Crippen LogP contribution >= 0.6 is 15.9 Å². The third-order valence-electron chi connectivity index (χ3n) is 2.66. The van der Waals surface area contributed by atoms with E-state index in [1.54, 1.807) is 18.3 Å². The molecule has 4 heteroatoms. The molecule has 0 unspecified atom stereocenters. The van der Waals surface area contributed by atoms with Crippen molar-refractivity contribution in [2.75, 3.05) is 5.32 Å². The molecule has 0 bridgehead atoms. The molecular weight excluding hydrogens is 280 g/mol. The number of hydrogen-bond donors (Lipinski definition) is 2. The van der Waals surface area contributed by atoms with Crippen LogP contribution in [-0.4, -0.2) is 12.0 Å². The summed E-state index contributed by atoms with van der Waals surface area (Å²) in [6, 6.07) is 5.46. The summed E-state index contributed by atoms with van der Waals surface area (Å²) in [5.41, 5.74) is 2.01. The van der Waals surface area contributed by atoms with Crippen LogP contribution in [-0.2, 0) is 0 Å². The van der Waals surface area contributed by atoms with E-state index in [1.807, 2.05) is 12.1 Å². The van der Waals surface area contributed by atoms with Crippen LogP contribution < -0.4 is 5.32 Å². The molecule has 88 valence electrons. The van der Waals surface area contributed by atoms with Crippen molar-refractivity contribution < 1.29 is 4.79 Å². The van der Waals surface area contributed by atoms with Crippen LogP contribution in [0.3, 0.4) is 0 Å². The lowest BCUT2D eigenvalue weighted by Gasteiger charge is -2.04. The summed E-state index contributed by atoms with van der Waals surface area (Å²) in [6.45, 7) is 0. The summed E-state index contributed by atoms with van der Waals surface area (Å²) in [4.78, 5) is 10.9. The van der Waals surface area contributed by atoms with Crippen LogP contribution in [0.5, 0.6) is 0 Å². The maximum absolute atomic E-state index is 10.9. The van der Waals surface area contributed by atoms with Crippen molar-refractivity contribution in [3.63, 3.8) is 0 Å². The molecular formula is C13H13BrN2O. The largest absolute Gasteiger partial charge is 0.361 e. The van der Waals surface area contributed by atoms with Gasteiger partial charge in [-0.25, -0.2) is 0 Å². The van der Waals surface area contributed by atoms with Gasteiger partial charge in [-0.15, -0.1) is 0 Å². The highest BCUT2D eigenvalue weighted by Crippen LogP contribution is 2.30. The maximum Gasteiger partial charge on any atom is 0.152 e. The van der Waals surface area contributed by atoms with Crippen LogP contribution in [0.4, 0.5) is 5.69 Å². The molecule has 2 rings (SSSR count). The van der Waals surface area contributed by atoms with Crippen molar-refractivity contribution in [3.05, 3.63) is 40.5 Å². The number of rotatable bonds is 5. The fourth-order valence-corrected chi connectivity index (χ4v) is 1.89. The highest BCUT2D eigenvalue weighted by molar-refractivity contribution is 9.10. The molecule has 0 saturated heterocycles. The first kappa shape index (κ1) is 12.0. The zero-order valence-corrected chi connectivity index (χ0v) is 10.8. The number of aldehydes is 1. The molecule has 0 spiro atoms. The number of allylic oxidation sites excluding steroid dienone is 1. The van der Waals surface area contributed by atoms with E-state index in [0.29, 0.717) is 17.2 Å². The van der Waals surface area contributed by atoms with Gasteiger partial charge in [0.05, 0.1) is 0 Å². The van der Waals surface area contributed by atoms with Gasteiger partial charge in [0.15, 0.2) is 6.29 Å². The van der Waals surface area contributed by atoms with E-state index in [4.69, 9.17) is 5.41 Å². The fourth-order valence-electron chi connectivity index (χ4n) is 1.51. The molecule has 0 heterocycles. The van der Waals surface area contributed by atoms with Crippen LogP contribution in [0, 0.1) is 11.3 Å². The van der Waals surface area contributed by atoms with E-state index in [9.17, 15) is 4.79 Å². The third-order valence-corrected chi connectivity index (χ3v) is 3.15. The molecule has 0 atom stereocenters. The van der Waals surface area contributed by atoms with Crippen LogP contribution in [0.2, 0.25) is 0 Å². The number of benzene rings is 1. The van der Waals surface area contributed by atoms with Crippen molar-refractivity contribution in [1.29, 1.82) is 5.41 Å². The second-order valence-corrected chi connectivity index (χ2v) is 4.97. The fraction of sp³-hybridized carbons (Fsp3) is 0.231. The Hall–Kier alpha value is -1.42. The summed E-state index contributed by atoms with van der Waals surface area (Å²) in [5.74, 6) is 0.448. The first-order valence-electron chi connectivity index (χ1n) is 5.47. The maximum atomic E-state index is 10.9. The van der Waals surface area contributed by atoms with Gasteiger partial charge < -0.3 is 10.7 Å². The molecule has 1 saturated carbocycles. The van der Waals surface area contributed by atoms with E-state index < -0.39 is 0 Å². The average molecular weight is 293 g/mol. The summed E-state index contributed by atoms with van der Waals surface area (Å²) in [7, 11) is 0. The van der Waals surface area contributed by atoms with Crippen molar-refractivity contribution in [2.45, 2.75) is 12.8 Å². The minimum absolute atomic E-state index is 0.448. The van der Waals surface area contributed by atoms with Gasteiger partial charge in [0, 0.05) is 33.6 Å². The average Bonchev–Trinajstić information content (AvgIpc) is 3.14. The minimum atomic E-state index is 0.448. The molecule has 1 aliphatic carbocycles. The smallest absolute Gasteiger partial charge is 0.152 e. The Morgan fingerprint density at radius 1 is 1.47 bits per heavy atom. The number of halogens is 1. The summed E-state index contributed by atoms with van der Waals surface area (Å²) in [5, 5.41) is 10.7. The molecule has 0 aromatic heterocycles. The highest BCUT2D eigenvalue weighted by atomic mass is 79.9. The van der Waals surface area contributed by atoms with Crippen LogP contribution in [0.1, 0.15) is 23.2 Å². The SMILES string of the molecule is N=C(/C=C\Nc1ccc(Br)cc1C=O)C1CC1. The van der Waals surface area contributed by atoms with E-state index >= 15 is 0 Å². The molecule has 0 aliphatic heterocycles. The van der Waals surface area contributed by atoms with Gasteiger partial charge in [0.2, 0.25) is 0 Å². The first-order valence-corrected chi connectivity index (χ1v) is 6.26. The molecule has 0 amide bonds. The van der Waals surface area contributed by atoms with Crippen molar-refractivity contribution in [1.82, 2.24) is 0 Å². The molecule has 3 nitrogen and oxygen atoms in total. The molecule has 0 radical (unpaired) electrons. The normalized spacial score (nSPS) is 14.9. The zero-order chi connectivity index (χ0) is 12.3. The second-order valence-electron chi connectivity index (χ2n) is 4.06. The van der Waals surface area contributed by atoms with Gasteiger partial charge in [0.1, 0.15) is 0 Å². The van der Waals surface area contributed by atoms with Gasteiger partial charge >= 0.3 is 0 Å². The van der Waals surface area contributed by atoms with Gasteiger partial charge in [0.25, 0.3) is 0 Å². The number of carbonyl (C=O) groups is 1. The predicted molar refractivity (Wildman–Crippen MR) is 72.7 cm³/mol. The van der Waals surface area contributed by atoms with Crippen LogP contribution in [0.25, 0.3) is 0 Å². The van der Waals surface area contributed by atoms with Crippen molar-refractivity contribution in [3.8, 4) is 0 Å². The van der Waals surface area contributed by atoms with Gasteiger partial charge in [-0.2, -0.15) is 0 Å². The first-order chi connectivity index (χ1) is 8.20. The monoisotopic (exact) mass is 292 g/mol. The van der Waals surface area contributed by atoms with Crippen molar-refractivity contribution >= 4 is 33.6 Å². The Morgan fingerprint density at radius 3 is 2.88 bits per heavy atom. The van der Waals surface area contributed by atoms with Gasteiger partial charge in [-0.3, -0.25) is 4.79 Å². The molecule has 17 heavy (non-hydrogen) atoms. The van der Waals surface area contributed by atoms with Gasteiger partial charge in [-0.1, -0.05) is 15.9 Å². The minimum Gasteiger partial charge on any atom is -0.361 e. The summed E-state index contributed by atoms with van der Waals surface area (Å²) >= 11 is 3.32. The molecule has 1 fully saturated rings. The molecule has 1 aromatic rings. The Labute approximate surface area is 109 Å². The predicted octanol–water partition coefficient (Wildman–Crippen LogP) is 3.62. The van der Waals surface area contributed by atoms with E-state index in [2.05, 4.69) is 21.2 Å². The van der Waals surface area contributed by atoms with Crippen molar-refractivity contribution in [2.24, 2.45) is 5.92 Å². The number of anilines is 1. The quantitative estimate of drug-likeness (QED) is 0.643. The Morgan fingerprint density at radius 2 is 2.24 bits per heavy atom. The lowest BCUT2D eigenvalue weighted by atomic mass is 10.2. The Balaban J connectivity index is 2.02. The lowest BCUT2D eigenvalue weighted by molar-refractivity contribution is 0.112. The highest BCUT2D eigenvalue weighted by Gasteiger charge is 2.24. The lowest BCUT2D eigenvalue weighted by Crippen LogP contribution is -1.97. The van der Waals surface area contributed by atoms with E-state index in [0.717, 1.165) is 29.3 Å².